The molecule has 0 aromatic heterocycles. The molecular formula is C29H33N3O4. The molecule has 2 amide bonds. The molecule has 36 heavy (non-hydrogen) atoms. The Morgan fingerprint density at radius 2 is 1.56 bits per heavy atom. The first-order valence-electron chi connectivity index (χ1n) is 12.5. The van der Waals surface area contributed by atoms with Crippen molar-refractivity contribution in [1.82, 2.24) is 5.32 Å². The molecule has 4 rings (SSSR count). The van der Waals surface area contributed by atoms with E-state index in [9.17, 15) is 14.4 Å². The van der Waals surface area contributed by atoms with Crippen molar-refractivity contribution >= 4 is 34.2 Å². The lowest BCUT2D eigenvalue weighted by Crippen LogP contribution is -2.48. The highest BCUT2D eigenvalue weighted by molar-refractivity contribution is 5.97. The maximum Gasteiger partial charge on any atom is 0.307 e. The Kier molecular flexibility index (Phi) is 8.33. The van der Waals surface area contributed by atoms with Crippen molar-refractivity contribution in [1.29, 1.82) is 0 Å². The van der Waals surface area contributed by atoms with Crippen molar-refractivity contribution < 1.29 is 19.5 Å². The summed E-state index contributed by atoms with van der Waals surface area (Å²) < 4.78 is 0. The van der Waals surface area contributed by atoms with Gasteiger partial charge in [-0.3, -0.25) is 14.4 Å². The third kappa shape index (κ3) is 6.70. The van der Waals surface area contributed by atoms with Gasteiger partial charge in [-0.1, -0.05) is 54.6 Å². The average molecular weight is 488 g/mol. The maximum absolute atomic E-state index is 13.3. The number of carbonyl (C=O) groups excluding carboxylic acids is 2. The number of amides is 2. The van der Waals surface area contributed by atoms with Gasteiger partial charge in [0.2, 0.25) is 11.8 Å². The predicted molar refractivity (Wildman–Crippen MR) is 140 cm³/mol. The first-order chi connectivity index (χ1) is 17.4. The minimum Gasteiger partial charge on any atom is -0.481 e. The van der Waals surface area contributed by atoms with Crippen molar-refractivity contribution in [2.24, 2.45) is 17.6 Å². The number of carboxylic acid groups (broad SMARTS) is 1. The number of carbonyl (C=O) groups is 3. The van der Waals surface area contributed by atoms with E-state index >= 15 is 0 Å². The second-order valence-electron chi connectivity index (χ2n) is 9.66. The average Bonchev–Trinajstić information content (AvgIpc) is 2.89. The summed E-state index contributed by atoms with van der Waals surface area (Å²) in [5, 5.41) is 17.1. The number of hydrogen-bond donors (Lipinski definition) is 4. The quantitative estimate of drug-likeness (QED) is 0.365. The molecule has 0 aliphatic heterocycles. The van der Waals surface area contributed by atoms with Crippen LogP contribution in [0.2, 0.25) is 0 Å². The van der Waals surface area contributed by atoms with E-state index in [1.54, 1.807) is 24.3 Å². The number of benzene rings is 3. The Bertz CT molecular complexity index is 1220. The predicted octanol–water partition coefficient (Wildman–Crippen LogP) is 3.90. The Balaban J connectivity index is 1.49. The van der Waals surface area contributed by atoms with Gasteiger partial charge in [-0.25, -0.2) is 0 Å². The molecule has 3 aromatic carbocycles. The number of nitrogens with one attached hydrogen (secondary N) is 2. The van der Waals surface area contributed by atoms with Crippen molar-refractivity contribution in [3.05, 3.63) is 77.9 Å². The monoisotopic (exact) mass is 487 g/mol. The molecule has 1 atom stereocenters. The van der Waals surface area contributed by atoms with E-state index < -0.39 is 12.0 Å². The lowest BCUT2D eigenvalue weighted by atomic mass is 9.81. The molecule has 1 saturated carbocycles. The highest BCUT2D eigenvalue weighted by Crippen LogP contribution is 2.28. The van der Waals surface area contributed by atoms with Gasteiger partial charge < -0.3 is 21.5 Å². The Morgan fingerprint density at radius 3 is 2.22 bits per heavy atom. The Hall–Kier alpha value is -3.71. The van der Waals surface area contributed by atoms with E-state index in [2.05, 4.69) is 16.7 Å². The maximum atomic E-state index is 13.3. The summed E-state index contributed by atoms with van der Waals surface area (Å²) in [6.45, 7) is 0.645. The van der Waals surface area contributed by atoms with Crippen LogP contribution in [0.5, 0.6) is 0 Å². The van der Waals surface area contributed by atoms with Gasteiger partial charge in [0.1, 0.15) is 6.04 Å². The number of carboxylic acids is 1. The number of fused-ring (bicyclic) bond motifs is 1. The summed E-state index contributed by atoms with van der Waals surface area (Å²) in [5.41, 5.74) is 7.95. The molecule has 0 heterocycles. The molecule has 0 bridgehead atoms. The van der Waals surface area contributed by atoms with Crippen LogP contribution in [0.1, 0.15) is 36.8 Å². The molecule has 7 heteroatoms. The second kappa shape index (κ2) is 11.8. The Labute approximate surface area is 211 Å². The van der Waals surface area contributed by atoms with Gasteiger partial charge in [0.05, 0.1) is 6.42 Å². The summed E-state index contributed by atoms with van der Waals surface area (Å²) in [4.78, 5) is 37.4. The zero-order valence-corrected chi connectivity index (χ0v) is 20.3. The minimum atomic E-state index is -0.912. The van der Waals surface area contributed by atoms with E-state index in [0.717, 1.165) is 42.0 Å². The van der Waals surface area contributed by atoms with Crippen LogP contribution in [0.15, 0.2) is 66.7 Å². The van der Waals surface area contributed by atoms with Crippen LogP contribution in [0.3, 0.4) is 0 Å². The first kappa shape index (κ1) is 25.4. The molecule has 0 unspecified atom stereocenters. The molecule has 3 aromatic rings. The molecule has 1 aliphatic rings. The van der Waals surface area contributed by atoms with Crippen molar-refractivity contribution in [2.45, 2.75) is 44.6 Å². The van der Waals surface area contributed by atoms with Crippen LogP contribution in [0.4, 0.5) is 5.69 Å². The van der Waals surface area contributed by atoms with E-state index in [0.29, 0.717) is 30.1 Å². The largest absolute Gasteiger partial charge is 0.481 e. The molecule has 0 saturated heterocycles. The third-order valence-electron chi connectivity index (χ3n) is 7.01. The second-order valence-corrected chi connectivity index (χ2v) is 9.66. The third-order valence-corrected chi connectivity index (χ3v) is 7.01. The number of anilines is 1. The standard InChI is InChI=1S/C29H33N3O4/c30-18-20-5-11-23(12-6-20)28(35)32-26(16-21-7-10-22-3-1-2-4-24(22)15-21)29(36)31-25-13-8-19(9-14-25)17-27(33)34/h1-4,7-10,13-15,20,23,26H,5-6,11-12,16-18,30H2,(H,31,36)(H,32,35)(H,33,34)/t20?,23?,26-/m0/s1. The fourth-order valence-corrected chi connectivity index (χ4v) is 4.87. The molecule has 1 fully saturated rings. The van der Waals surface area contributed by atoms with Crippen molar-refractivity contribution in [2.75, 3.05) is 11.9 Å². The summed E-state index contributed by atoms with van der Waals surface area (Å²) in [7, 11) is 0. The molecular weight excluding hydrogens is 454 g/mol. The van der Waals surface area contributed by atoms with E-state index in [1.165, 1.54) is 0 Å². The Morgan fingerprint density at radius 1 is 0.889 bits per heavy atom. The molecule has 1 aliphatic carbocycles. The lowest BCUT2D eigenvalue weighted by Gasteiger charge is -2.28. The fourth-order valence-electron chi connectivity index (χ4n) is 4.87. The number of rotatable bonds is 9. The van der Waals surface area contributed by atoms with E-state index in [-0.39, 0.29) is 24.2 Å². The van der Waals surface area contributed by atoms with E-state index in [4.69, 9.17) is 10.8 Å². The SMILES string of the molecule is NCC1CCC(C(=O)N[C@@H](Cc2ccc3ccccc3c2)C(=O)Nc2ccc(CC(=O)O)cc2)CC1. The topological polar surface area (TPSA) is 122 Å². The van der Waals surface area contributed by atoms with E-state index in [1.807, 2.05) is 36.4 Å². The summed E-state index contributed by atoms with van der Waals surface area (Å²) in [5.74, 6) is -0.961. The zero-order valence-electron chi connectivity index (χ0n) is 20.3. The smallest absolute Gasteiger partial charge is 0.307 e. The highest BCUT2D eigenvalue weighted by Gasteiger charge is 2.29. The van der Waals surface area contributed by atoms with Crippen LogP contribution in [0.25, 0.3) is 10.8 Å². The number of aliphatic carboxylic acids is 1. The van der Waals surface area contributed by atoms with Gasteiger partial charge in [0.25, 0.3) is 0 Å². The van der Waals surface area contributed by atoms with Crippen LogP contribution in [-0.4, -0.2) is 35.5 Å². The lowest BCUT2D eigenvalue weighted by molar-refractivity contribution is -0.136. The fraction of sp³-hybridized carbons (Fsp3) is 0.345. The summed E-state index contributed by atoms with van der Waals surface area (Å²) in [6.07, 6.45) is 3.70. The molecule has 188 valence electrons. The van der Waals surface area contributed by atoms with Crippen LogP contribution >= 0.6 is 0 Å². The summed E-state index contributed by atoms with van der Waals surface area (Å²) in [6, 6.07) is 20.1. The van der Waals surface area contributed by atoms with Gasteiger partial charge in [-0.2, -0.15) is 0 Å². The van der Waals surface area contributed by atoms with Crippen molar-refractivity contribution in [3.8, 4) is 0 Å². The number of hydrogen-bond acceptors (Lipinski definition) is 4. The van der Waals surface area contributed by atoms with Crippen LogP contribution < -0.4 is 16.4 Å². The van der Waals surface area contributed by atoms with Gasteiger partial charge in [-0.15, -0.1) is 0 Å². The minimum absolute atomic E-state index is 0.0821. The van der Waals surface area contributed by atoms with Crippen LogP contribution in [0, 0.1) is 11.8 Å². The number of nitrogens with two attached hydrogens (primary N) is 1. The molecule has 7 nitrogen and oxygen atoms in total. The molecule has 0 spiro atoms. The highest BCUT2D eigenvalue weighted by atomic mass is 16.4. The first-order valence-corrected chi connectivity index (χ1v) is 12.5. The summed E-state index contributed by atoms with van der Waals surface area (Å²) >= 11 is 0. The normalized spacial score (nSPS) is 18.4. The van der Waals surface area contributed by atoms with Crippen molar-refractivity contribution in [3.63, 3.8) is 0 Å². The molecule has 5 N–H and O–H groups in total. The van der Waals surface area contributed by atoms with Gasteiger partial charge in [0.15, 0.2) is 0 Å². The van der Waals surface area contributed by atoms with Gasteiger partial charge >= 0.3 is 5.97 Å². The van der Waals surface area contributed by atoms with Gasteiger partial charge in [-0.05, 0) is 72.2 Å². The zero-order chi connectivity index (χ0) is 25.5. The molecule has 0 radical (unpaired) electrons. The van der Waals surface area contributed by atoms with Crippen LogP contribution in [-0.2, 0) is 27.2 Å². The van der Waals surface area contributed by atoms with Gasteiger partial charge in [0, 0.05) is 18.0 Å².